The third-order valence-corrected chi connectivity index (χ3v) is 5.87. The van der Waals surface area contributed by atoms with Crippen LogP contribution < -0.4 is 10.8 Å². The molecule has 0 aromatic heterocycles. The minimum atomic E-state index is -0.637. The zero-order chi connectivity index (χ0) is 19.1. The van der Waals surface area contributed by atoms with Crippen molar-refractivity contribution in [2.75, 3.05) is 20.1 Å². The number of carbonyl (C=O) groups is 1. The second-order valence-electron chi connectivity index (χ2n) is 8.21. The van der Waals surface area contributed by atoms with Crippen LogP contribution >= 0.6 is 12.4 Å². The standard InChI is InChI=1S/C19H28BFN2O3.ClH/c1-18(2)19(3,4)26-20(25-18)13-8-9-15(16(21)11-13)17(24)23-10-6-7-14(12-23)22-5;/h8-9,11,14,22H,6-7,10,12H2,1-5H3;1H/t14-;/m0./s1. The van der Waals surface area contributed by atoms with E-state index in [1.807, 2.05) is 34.7 Å². The number of likely N-dealkylation sites (tertiary alicyclic amines) is 1. The van der Waals surface area contributed by atoms with Crippen molar-refractivity contribution in [3.63, 3.8) is 0 Å². The van der Waals surface area contributed by atoms with E-state index in [0.717, 1.165) is 12.8 Å². The molecule has 8 heteroatoms. The van der Waals surface area contributed by atoms with Crippen LogP contribution in [0.1, 0.15) is 50.9 Å². The zero-order valence-corrected chi connectivity index (χ0v) is 17.5. The van der Waals surface area contributed by atoms with Gasteiger partial charge < -0.3 is 19.5 Å². The Kier molecular flexibility index (Phi) is 6.62. The maximum absolute atomic E-state index is 14.7. The van der Waals surface area contributed by atoms with Gasteiger partial charge in [-0.3, -0.25) is 4.79 Å². The van der Waals surface area contributed by atoms with E-state index in [1.165, 1.54) is 6.07 Å². The molecule has 0 aliphatic carbocycles. The number of amides is 1. The molecule has 150 valence electrons. The summed E-state index contributed by atoms with van der Waals surface area (Å²) in [5, 5.41) is 3.20. The van der Waals surface area contributed by atoms with Crippen molar-refractivity contribution in [1.29, 1.82) is 0 Å². The number of benzene rings is 1. The Hall–Kier alpha value is -1.15. The van der Waals surface area contributed by atoms with Crippen molar-refractivity contribution in [3.05, 3.63) is 29.6 Å². The van der Waals surface area contributed by atoms with Crippen LogP contribution in [0.5, 0.6) is 0 Å². The van der Waals surface area contributed by atoms with E-state index in [1.54, 1.807) is 17.0 Å². The average Bonchev–Trinajstić information content (AvgIpc) is 2.82. The summed E-state index contributed by atoms with van der Waals surface area (Å²) < 4.78 is 26.6. The molecule has 0 spiro atoms. The first-order valence-corrected chi connectivity index (χ1v) is 9.26. The topological polar surface area (TPSA) is 50.8 Å². The summed E-state index contributed by atoms with van der Waals surface area (Å²) >= 11 is 0. The predicted octanol–water partition coefficient (Wildman–Crippen LogP) is 2.37. The van der Waals surface area contributed by atoms with E-state index in [9.17, 15) is 9.18 Å². The molecule has 2 heterocycles. The molecular weight excluding hydrogens is 369 g/mol. The Balaban J connectivity index is 0.00000261. The number of nitrogens with zero attached hydrogens (tertiary/aromatic N) is 1. The number of nitrogens with one attached hydrogen (secondary N) is 1. The highest BCUT2D eigenvalue weighted by Crippen LogP contribution is 2.36. The first-order chi connectivity index (χ1) is 12.1. The van der Waals surface area contributed by atoms with Gasteiger partial charge in [-0.25, -0.2) is 4.39 Å². The van der Waals surface area contributed by atoms with Crippen molar-refractivity contribution in [2.45, 2.75) is 57.8 Å². The first kappa shape index (κ1) is 22.1. The fourth-order valence-electron chi connectivity index (χ4n) is 3.40. The van der Waals surface area contributed by atoms with Crippen LogP contribution in [0.2, 0.25) is 0 Å². The van der Waals surface area contributed by atoms with E-state index in [4.69, 9.17) is 9.31 Å². The molecule has 0 bridgehead atoms. The maximum atomic E-state index is 14.7. The molecule has 5 nitrogen and oxygen atoms in total. The highest BCUT2D eigenvalue weighted by atomic mass is 35.5. The lowest BCUT2D eigenvalue weighted by molar-refractivity contribution is 0.00578. The van der Waals surface area contributed by atoms with Gasteiger partial charge in [0.2, 0.25) is 0 Å². The van der Waals surface area contributed by atoms with Crippen LogP contribution in [0.25, 0.3) is 0 Å². The Bertz CT molecular complexity index is 686. The summed E-state index contributed by atoms with van der Waals surface area (Å²) in [4.78, 5) is 14.4. The molecule has 0 unspecified atom stereocenters. The molecule has 1 aromatic carbocycles. The van der Waals surface area contributed by atoms with E-state index >= 15 is 0 Å². The fraction of sp³-hybridized carbons (Fsp3) is 0.632. The molecule has 1 N–H and O–H groups in total. The van der Waals surface area contributed by atoms with Gasteiger partial charge in [-0.1, -0.05) is 6.07 Å². The number of piperidine rings is 1. The summed E-state index contributed by atoms with van der Waals surface area (Å²) in [6.07, 6.45) is 1.95. The van der Waals surface area contributed by atoms with Crippen molar-refractivity contribution in [1.82, 2.24) is 10.2 Å². The van der Waals surface area contributed by atoms with Crippen molar-refractivity contribution < 1.29 is 18.5 Å². The highest BCUT2D eigenvalue weighted by Gasteiger charge is 2.51. The van der Waals surface area contributed by atoms with Gasteiger partial charge in [0, 0.05) is 19.1 Å². The van der Waals surface area contributed by atoms with Gasteiger partial charge in [0.05, 0.1) is 16.8 Å². The minimum Gasteiger partial charge on any atom is -0.399 e. The molecule has 2 aliphatic heterocycles. The number of halogens is 2. The van der Waals surface area contributed by atoms with Crippen LogP contribution in [0.15, 0.2) is 18.2 Å². The molecule has 1 amide bonds. The van der Waals surface area contributed by atoms with Crippen LogP contribution in [-0.2, 0) is 9.31 Å². The van der Waals surface area contributed by atoms with Crippen LogP contribution in [0.4, 0.5) is 4.39 Å². The number of carbonyl (C=O) groups excluding carboxylic acids is 1. The number of hydrogen-bond acceptors (Lipinski definition) is 4. The molecule has 2 saturated heterocycles. The summed E-state index contributed by atoms with van der Waals surface area (Å²) in [5.41, 5.74) is -0.288. The molecule has 27 heavy (non-hydrogen) atoms. The number of hydrogen-bond donors (Lipinski definition) is 1. The highest BCUT2D eigenvalue weighted by molar-refractivity contribution is 6.62. The lowest BCUT2D eigenvalue weighted by atomic mass is 9.78. The second kappa shape index (κ2) is 8.07. The Morgan fingerprint density at radius 2 is 1.89 bits per heavy atom. The van der Waals surface area contributed by atoms with Crippen LogP contribution in [0, 0.1) is 5.82 Å². The normalized spacial score (nSPS) is 23.9. The van der Waals surface area contributed by atoms with E-state index < -0.39 is 24.1 Å². The van der Waals surface area contributed by atoms with Crippen molar-refractivity contribution >= 4 is 30.9 Å². The lowest BCUT2D eigenvalue weighted by Gasteiger charge is -2.32. The van der Waals surface area contributed by atoms with Gasteiger partial charge in [-0.15, -0.1) is 12.4 Å². The molecule has 0 saturated carbocycles. The number of likely N-dealkylation sites (N-methyl/N-ethyl adjacent to an activating group) is 1. The van der Waals surface area contributed by atoms with Gasteiger partial charge in [0.25, 0.3) is 5.91 Å². The van der Waals surface area contributed by atoms with Gasteiger partial charge in [0.1, 0.15) is 5.82 Å². The fourth-order valence-corrected chi connectivity index (χ4v) is 3.40. The van der Waals surface area contributed by atoms with Crippen molar-refractivity contribution in [3.8, 4) is 0 Å². The van der Waals surface area contributed by atoms with Crippen LogP contribution in [0.3, 0.4) is 0 Å². The van der Waals surface area contributed by atoms with E-state index in [0.29, 0.717) is 18.6 Å². The van der Waals surface area contributed by atoms with E-state index in [-0.39, 0.29) is 29.9 Å². The molecule has 3 rings (SSSR count). The van der Waals surface area contributed by atoms with Crippen molar-refractivity contribution in [2.24, 2.45) is 0 Å². The smallest absolute Gasteiger partial charge is 0.399 e. The monoisotopic (exact) mass is 398 g/mol. The second-order valence-corrected chi connectivity index (χ2v) is 8.21. The summed E-state index contributed by atoms with van der Waals surface area (Å²) in [6, 6.07) is 4.88. The molecular formula is C19H29BClFN2O3. The maximum Gasteiger partial charge on any atom is 0.494 e. The molecule has 2 aliphatic rings. The molecule has 1 aromatic rings. The molecule has 2 fully saturated rings. The third kappa shape index (κ3) is 4.31. The van der Waals surface area contributed by atoms with Gasteiger partial charge in [0.15, 0.2) is 0 Å². The summed E-state index contributed by atoms with van der Waals surface area (Å²) in [6.45, 7) is 9.08. The number of rotatable bonds is 3. The summed E-state index contributed by atoms with van der Waals surface area (Å²) in [7, 11) is 1.25. The molecule has 0 radical (unpaired) electrons. The Labute approximate surface area is 167 Å². The molecule has 1 atom stereocenters. The van der Waals surface area contributed by atoms with Gasteiger partial charge in [-0.05, 0) is 65.2 Å². The Morgan fingerprint density at radius 3 is 2.44 bits per heavy atom. The third-order valence-electron chi connectivity index (χ3n) is 5.87. The Morgan fingerprint density at radius 1 is 1.26 bits per heavy atom. The first-order valence-electron chi connectivity index (χ1n) is 9.26. The summed E-state index contributed by atoms with van der Waals surface area (Å²) in [5.74, 6) is -0.795. The van der Waals surface area contributed by atoms with E-state index in [2.05, 4.69) is 5.32 Å². The van der Waals surface area contributed by atoms with Gasteiger partial charge >= 0.3 is 7.12 Å². The average molecular weight is 399 g/mol. The predicted molar refractivity (Wildman–Crippen MR) is 107 cm³/mol. The van der Waals surface area contributed by atoms with Gasteiger partial charge in [-0.2, -0.15) is 0 Å². The lowest BCUT2D eigenvalue weighted by Crippen LogP contribution is -2.47. The quantitative estimate of drug-likeness (QED) is 0.794. The SMILES string of the molecule is CN[C@H]1CCCN(C(=O)c2ccc(B3OC(C)(C)C(C)(C)O3)cc2F)C1.Cl. The minimum absolute atomic E-state index is 0. The van der Waals surface area contributed by atoms with Crippen LogP contribution in [-0.4, -0.2) is 55.3 Å². The largest absolute Gasteiger partial charge is 0.494 e. The zero-order valence-electron chi connectivity index (χ0n) is 16.7.